The minimum absolute atomic E-state index is 0.0501. The topological polar surface area (TPSA) is 57.2 Å². The van der Waals surface area contributed by atoms with Crippen molar-refractivity contribution in [3.8, 4) is 0 Å². The van der Waals surface area contributed by atoms with Gasteiger partial charge in [-0.15, -0.1) is 0 Å². The summed E-state index contributed by atoms with van der Waals surface area (Å²) in [5.74, 6) is 0. The van der Waals surface area contributed by atoms with Crippen molar-refractivity contribution in [1.82, 2.24) is 4.48 Å². The van der Waals surface area contributed by atoms with E-state index in [1.807, 2.05) is 0 Å². The first-order chi connectivity index (χ1) is 20.9. The molecule has 0 amide bonds. The molecule has 0 aliphatic rings. The van der Waals surface area contributed by atoms with Crippen molar-refractivity contribution in [2.45, 2.75) is 89.4 Å². The first kappa shape index (κ1) is 34.2. The van der Waals surface area contributed by atoms with E-state index in [9.17, 15) is 13.0 Å². The smallest absolute Gasteiger partial charge is 0.143 e. The molecular formula is C38H49NO3S. The fourth-order valence-electron chi connectivity index (χ4n) is 5.80. The van der Waals surface area contributed by atoms with Crippen LogP contribution in [0.3, 0.4) is 0 Å². The molecule has 0 spiro atoms. The molecule has 0 unspecified atom stereocenters. The van der Waals surface area contributed by atoms with E-state index < -0.39 is 10.1 Å². The van der Waals surface area contributed by atoms with Crippen LogP contribution in [0.5, 0.6) is 0 Å². The van der Waals surface area contributed by atoms with Gasteiger partial charge in [0.1, 0.15) is 27.2 Å². The summed E-state index contributed by atoms with van der Waals surface area (Å²) in [5, 5.41) is 0. The molecule has 0 saturated carbocycles. The molecule has 4 nitrogen and oxygen atoms in total. The number of para-hydroxylation sites is 3. The van der Waals surface area contributed by atoms with Crippen LogP contribution in [-0.4, -0.2) is 19.5 Å². The zero-order valence-electron chi connectivity index (χ0n) is 26.0. The molecule has 0 fully saturated rings. The van der Waals surface area contributed by atoms with Gasteiger partial charge in [-0.2, -0.15) is 0 Å². The molecule has 0 N–H and O–H groups in total. The van der Waals surface area contributed by atoms with Gasteiger partial charge in [-0.1, -0.05) is 138 Å². The average Bonchev–Trinajstić information content (AvgIpc) is 3.04. The number of hydrogen-bond donors (Lipinski definition) is 0. The van der Waals surface area contributed by atoms with Crippen molar-refractivity contribution >= 4 is 27.2 Å². The number of rotatable bonds is 16. The predicted octanol–water partition coefficient (Wildman–Crippen LogP) is 10.7. The fourth-order valence-corrected chi connectivity index (χ4v) is 6.54. The molecule has 0 aliphatic carbocycles. The average molecular weight is 600 g/mol. The molecule has 0 aromatic heterocycles. The third kappa shape index (κ3) is 10.5. The van der Waals surface area contributed by atoms with Crippen LogP contribution in [0.2, 0.25) is 0 Å². The summed E-state index contributed by atoms with van der Waals surface area (Å²) in [5.41, 5.74) is 4.53. The number of hydrogen-bond acceptors (Lipinski definition) is 3. The Labute approximate surface area is 260 Å². The molecule has 0 radical (unpaired) electrons. The zero-order valence-corrected chi connectivity index (χ0v) is 26.9. The van der Waals surface area contributed by atoms with Gasteiger partial charge >= 0.3 is 0 Å². The first-order valence-electron chi connectivity index (χ1n) is 16.0. The third-order valence-corrected chi connectivity index (χ3v) is 9.04. The van der Waals surface area contributed by atoms with Crippen molar-refractivity contribution in [2.24, 2.45) is 0 Å². The second-order valence-electron chi connectivity index (χ2n) is 11.1. The van der Waals surface area contributed by atoms with Crippen LogP contribution in [0.25, 0.3) is 0 Å². The Balaban J connectivity index is 0.000000235. The summed E-state index contributed by atoms with van der Waals surface area (Å²) in [6.45, 7) is 5.45. The molecule has 43 heavy (non-hydrogen) atoms. The van der Waals surface area contributed by atoms with Crippen LogP contribution in [0, 0.1) is 0 Å². The first-order valence-corrected chi connectivity index (χ1v) is 17.4. The SMILES string of the molecule is CCCCCCCCCCCCc1ccccc1S(=O)(=O)[O-].CC[N+](c1ccccc1)(c1ccccc1)c1ccccc1. The number of aryl methyl sites for hydroxylation is 1. The molecule has 0 aliphatic heterocycles. The summed E-state index contributed by atoms with van der Waals surface area (Å²) in [4.78, 5) is -0.0501. The van der Waals surface area contributed by atoms with Crippen molar-refractivity contribution in [1.29, 1.82) is 0 Å². The van der Waals surface area contributed by atoms with Gasteiger partial charge in [0.15, 0.2) is 0 Å². The number of quaternary nitrogens is 1. The fraction of sp³-hybridized carbons (Fsp3) is 0.368. The van der Waals surface area contributed by atoms with Crippen molar-refractivity contribution < 1.29 is 13.0 Å². The lowest BCUT2D eigenvalue weighted by atomic mass is 10.0. The molecular weight excluding hydrogens is 550 g/mol. The quantitative estimate of drug-likeness (QED) is 0.0731. The predicted molar refractivity (Wildman–Crippen MR) is 181 cm³/mol. The second-order valence-corrected chi connectivity index (χ2v) is 12.5. The Bertz CT molecular complexity index is 1310. The van der Waals surface area contributed by atoms with E-state index in [1.54, 1.807) is 18.2 Å². The summed E-state index contributed by atoms with van der Waals surface area (Å²) in [6, 6.07) is 38.7. The van der Waals surface area contributed by atoms with Crippen LogP contribution in [0.15, 0.2) is 120 Å². The standard InChI is InChI=1S/C20H20N.C18H30O3S/c1-2-21(18-12-6-3-7-13-18,19-14-8-4-9-15-19)20-16-10-5-11-17-20;1-2-3-4-5-6-7-8-9-10-11-14-17-15-12-13-16-18(17)22(19,20)21/h3-17H,2H2,1H3;12-13,15-16H,2-11,14H2,1H3,(H,19,20,21)/q+1;/p-1. The van der Waals surface area contributed by atoms with E-state index >= 15 is 0 Å². The molecule has 0 heterocycles. The Morgan fingerprint density at radius 3 is 1.28 bits per heavy atom. The highest BCUT2D eigenvalue weighted by Crippen LogP contribution is 2.42. The molecule has 5 heteroatoms. The highest BCUT2D eigenvalue weighted by atomic mass is 32.2. The Morgan fingerprint density at radius 2 is 0.884 bits per heavy atom. The van der Waals surface area contributed by atoms with Crippen molar-refractivity contribution in [3.63, 3.8) is 0 Å². The maximum Gasteiger partial charge on any atom is 0.143 e. The zero-order chi connectivity index (χ0) is 30.8. The highest BCUT2D eigenvalue weighted by molar-refractivity contribution is 7.85. The van der Waals surface area contributed by atoms with E-state index in [-0.39, 0.29) is 4.90 Å². The van der Waals surface area contributed by atoms with Crippen LogP contribution in [0.4, 0.5) is 17.1 Å². The Morgan fingerprint density at radius 1 is 0.512 bits per heavy atom. The molecule has 0 atom stereocenters. The van der Waals surface area contributed by atoms with Gasteiger partial charge in [0.05, 0.1) is 11.4 Å². The lowest BCUT2D eigenvalue weighted by Crippen LogP contribution is -2.38. The van der Waals surface area contributed by atoms with Crippen molar-refractivity contribution in [3.05, 3.63) is 121 Å². The second kappa shape index (κ2) is 18.4. The van der Waals surface area contributed by atoms with Gasteiger partial charge < -0.3 is 4.55 Å². The lowest BCUT2D eigenvalue weighted by molar-refractivity contribution is 0.461. The summed E-state index contributed by atoms with van der Waals surface area (Å²) in [6.07, 6.45) is 13.2. The van der Waals surface area contributed by atoms with E-state index in [4.69, 9.17) is 0 Å². The normalized spacial score (nSPS) is 11.5. The van der Waals surface area contributed by atoms with Gasteiger partial charge in [0, 0.05) is 0 Å². The van der Waals surface area contributed by atoms with Crippen LogP contribution < -0.4 is 4.48 Å². The van der Waals surface area contributed by atoms with Crippen LogP contribution in [-0.2, 0) is 16.5 Å². The third-order valence-electron chi connectivity index (χ3n) is 8.11. The van der Waals surface area contributed by atoms with E-state index in [1.165, 1.54) is 74.5 Å². The molecule has 4 rings (SSSR count). The maximum absolute atomic E-state index is 11.2. The van der Waals surface area contributed by atoms with Crippen LogP contribution in [0.1, 0.15) is 83.6 Å². The largest absolute Gasteiger partial charge is 0.744 e. The number of unbranched alkanes of at least 4 members (excludes halogenated alkanes) is 9. The molecule has 0 bridgehead atoms. The molecule has 0 saturated heterocycles. The maximum atomic E-state index is 11.2. The summed E-state index contributed by atoms with van der Waals surface area (Å²) < 4.78 is 34.3. The Kier molecular flexibility index (Phi) is 14.7. The monoisotopic (exact) mass is 599 g/mol. The van der Waals surface area contributed by atoms with Crippen molar-refractivity contribution in [2.75, 3.05) is 6.54 Å². The Hall–Kier alpha value is -3.25. The molecule has 230 valence electrons. The van der Waals surface area contributed by atoms with E-state index in [0.717, 1.165) is 23.9 Å². The van der Waals surface area contributed by atoms with Gasteiger partial charge in [-0.3, -0.25) is 0 Å². The van der Waals surface area contributed by atoms with Gasteiger partial charge in [-0.25, -0.2) is 12.9 Å². The minimum Gasteiger partial charge on any atom is -0.744 e. The highest BCUT2D eigenvalue weighted by Gasteiger charge is 2.33. The molecule has 4 aromatic rings. The van der Waals surface area contributed by atoms with Gasteiger partial charge in [0.2, 0.25) is 0 Å². The summed E-state index contributed by atoms with van der Waals surface area (Å²) in [7, 11) is -4.35. The lowest BCUT2D eigenvalue weighted by Gasteiger charge is -2.36. The summed E-state index contributed by atoms with van der Waals surface area (Å²) >= 11 is 0. The van der Waals surface area contributed by atoms with E-state index in [2.05, 4.69) is 105 Å². The van der Waals surface area contributed by atoms with Gasteiger partial charge in [0.25, 0.3) is 0 Å². The van der Waals surface area contributed by atoms with E-state index in [0.29, 0.717) is 12.0 Å². The number of nitrogens with zero attached hydrogens (tertiary/aromatic N) is 1. The van der Waals surface area contributed by atoms with Gasteiger partial charge in [-0.05, 0) is 67.8 Å². The molecule has 4 aromatic carbocycles. The van der Waals surface area contributed by atoms with Crippen LogP contribution >= 0.6 is 0 Å². The minimum atomic E-state index is -4.35. The number of benzene rings is 4.